The van der Waals surface area contributed by atoms with E-state index in [1.807, 2.05) is 0 Å². The topological polar surface area (TPSA) is 68.2 Å². The average molecular weight is 346 g/mol. The first-order valence-corrected chi connectivity index (χ1v) is 8.51. The number of hydrogen-bond donors (Lipinski definition) is 2. The molecule has 3 rings (SSSR count). The predicted octanol–water partition coefficient (Wildman–Crippen LogP) is 3.40. The van der Waals surface area contributed by atoms with Crippen molar-refractivity contribution in [1.29, 1.82) is 0 Å². The molecule has 0 spiro atoms. The van der Waals surface area contributed by atoms with E-state index in [0.29, 0.717) is 30.3 Å². The minimum absolute atomic E-state index is 0.238. The minimum Gasteiger partial charge on any atom is -0.381 e. The van der Waals surface area contributed by atoms with Gasteiger partial charge in [-0.1, -0.05) is 19.1 Å². The second kappa shape index (κ2) is 7.23. The third-order valence-corrected chi connectivity index (χ3v) is 4.84. The molecule has 1 aromatic heterocycles. The SMILES string of the molecule is CCC1(NC(=O)Nc2cnn(-c3ccccc3F)c2C)CCOCC1. The maximum absolute atomic E-state index is 14.0. The Morgan fingerprint density at radius 3 is 2.76 bits per heavy atom. The van der Waals surface area contributed by atoms with Gasteiger partial charge in [0.1, 0.15) is 11.5 Å². The van der Waals surface area contributed by atoms with Gasteiger partial charge in [-0.15, -0.1) is 0 Å². The maximum atomic E-state index is 14.0. The molecule has 0 aliphatic carbocycles. The van der Waals surface area contributed by atoms with Crippen molar-refractivity contribution in [2.75, 3.05) is 18.5 Å². The molecule has 6 nitrogen and oxygen atoms in total. The smallest absolute Gasteiger partial charge is 0.319 e. The lowest BCUT2D eigenvalue weighted by Crippen LogP contribution is -2.52. The zero-order valence-corrected chi connectivity index (χ0v) is 14.5. The van der Waals surface area contributed by atoms with Crippen LogP contribution in [0.3, 0.4) is 0 Å². The van der Waals surface area contributed by atoms with E-state index in [1.54, 1.807) is 25.1 Å². The normalized spacial score (nSPS) is 16.4. The van der Waals surface area contributed by atoms with Crippen molar-refractivity contribution in [3.05, 3.63) is 42.0 Å². The lowest BCUT2D eigenvalue weighted by Gasteiger charge is -2.37. The van der Waals surface area contributed by atoms with Crippen LogP contribution in [-0.4, -0.2) is 34.6 Å². The van der Waals surface area contributed by atoms with Gasteiger partial charge in [-0.05, 0) is 38.3 Å². The number of ether oxygens (including phenoxy) is 1. The number of urea groups is 1. The monoisotopic (exact) mass is 346 g/mol. The summed E-state index contributed by atoms with van der Waals surface area (Å²) in [5, 5.41) is 10.1. The largest absolute Gasteiger partial charge is 0.381 e. The van der Waals surface area contributed by atoms with E-state index in [-0.39, 0.29) is 17.4 Å². The van der Waals surface area contributed by atoms with Gasteiger partial charge < -0.3 is 15.4 Å². The van der Waals surface area contributed by atoms with Gasteiger partial charge in [0.05, 0.1) is 17.6 Å². The molecule has 0 saturated carbocycles. The number of para-hydroxylation sites is 1. The lowest BCUT2D eigenvalue weighted by molar-refractivity contribution is 0.0416. The van der Waals surface area contributed by atoms with Crippen LogP contribution in [0.2, 0.25) is 0 Å². The second-order valence-electron chi connectivity index (χ2n) is 6.33. The molecule has 0 unspecified atom stereocenters. The van der Waals surface area contributed by atoms with Crippen molar-refractivity contribution >= 4 is 11.7 Å². The quantitative estimate of drug-likeness (QED) is 0.891. The highest BCUT2D eigenvalue weighted by molar-refractivity contribution is 5.90. The fraction of sp³-hybridized carbons (Fsp3) is 0.444. The molecule has 7 heteroatoms. The van der Waals surface area contributed by atoms with E-state index in [9.17, 15) is 9.18 Å². The fourth-order valence-electron chi connectivity index (χ4n) is 3.12. The van der Waals surface area contributed by atoms with Gasteiger partial charge in [0.25, 0.3) is 0 Å². The molecule has 2 heterocycles. The van der Waals surface area contributed by atoms with Gasteiger partial charge in [-0.25, -0.2) is 13.9 Å². The van der Waals surface area contributed by atoms with Gasteiger partial charge in [0.15, 0.2) is 0 Å². The highest BCUT2D eigenvalue weighted by atomic mass is 19.1. The van der Waals surface area contributed by atoms with Crippen molar-refractivity contribution in [1.82, 2.24) is 15.1 Å². The van der Waals surface area contributed by atoms with Crippen LogP contribution in [0, 0.1) is 12.7 Å². The first kappa shape index (κ1) is 17.4. The summed E-state index contributed by atoms with van der Waals surface area (Å²) in [7, 11) is 0. The van der Waals surface area contributed by atoms with E-state index in [4.69, 9.17) is 4.74 Å². The van der Waals surface area contributed by atoms with Crippen LogP contribution in [0.5, 0.6) is 0 Å². The van der Waals surface area contributed by atoms with E-state index in [0.717, 1.165) is 19.3 Å². The van der Waals surface area contributed by atoms with Crippen LogP contribution in [-0.2, 0) is 4.74 Å². The summed E-state index contributed by atoms with van der Waals surface area (Å²) in [4.78, 5) is 12.4. The number of carbonyl (C=O) groups is 1. The van der Waals surface area contributed by atoms with Gasteiger partial charge in [-0.2, -0.15) is 5.10 Å². The molecule has 2 aromatic rings. The molecular formula is C18H23FN4O2. The average Bonchev–Trinajstić information content (AvgIpc) is 2.96. The Labute approximate surface area is 146 Å². The number of carbonyl (C=O) groups excluding carboxylic acids is 1. The number of rotatable bonds is 4. The van der Waals surface area contributed by atoms with Crippen LogP contribution in [0.25, 0.3) is 5.69 Å². The molecule has 0 bridgehead atoms. The van der Waals surface area contributed by atoms with Crippen LogP contribution in [0.15, 0.2) is 30.5 Å². The van der Waals surface area contributed by atoms with Gasteiger partial charge in [0.2, 0.25) is 0 Å². The van der Waals surface area contributed by atoms with Crippen molar-refractivity contribution in [3.8, 4) is 5.69 Å². The summed E-state index contributed by atoms with van der Waals surface area (Å²) in [6, 6.07) is 6.12. The summed E-state index contributed by atoms with van der Waals surface area (Å²) < 4.78 is 20.8. The Hall–Kier alpha value is -2.41. The number of anilines is 1. The Morgan fingerprint density at radius 2 is 2.08 bits per heavy atom. The lowest BCUT2D eigenvalue weighted by atomic mass is 9.87. The Morgan fingerprint density at radius 1 is 1.36 bits per heavy atom. The van der Waals surface area contributed by atoms with E-state index < -0.39 is 0 Å². The number of nitrogens with one attached hydrogen (secondary N) is 2. The van der Waals surface area contributed by atoms with Gasteiger partial charge in [0, 0.05) is 18.8 Å². The van der Waals surface area contributed by atoms with E-state index >= 15 is 0 Å². The predicted molar refractivity (Wildman–Crippen MR) is 93.5 cm³/mol. The number of hydrogen-bond acceptors (Lipinski definition) is 3. The van der Waals surface area contributed by atoms with Crippen molar-refractivity contribution in [2.24, 2.45) is 0 Å². The number of halogens is 1. The Kier molecular flexibility index (Phi) is 5.03. The Balaban J connectivity index is 1.73. The number of aromatic nitrogens is 2. The number of amides is 2. The van der Waals surface area contributed by atoms with E-state index in [2.05, 4.69) is 22.7 Å². The molecule has 1 fully saturated rings. The molecule has 25 heavy (non-hydrogen) atoms. The van der Waals surface area contributed by atoms with Crippen LogP contribution < -0.4 is 10.6 Å². The van der Waals surface area contributed by atoms with Crippen molar-refractivity contribution < 1.29 is 13.9 Å². The summed E-state index contributed by atoms with van der Waals surface area (Å²) in [6.07, 6.45) is 3.97. The van der Waals surface area contributed by atoms with Crippen molar-refractivity contribution in [3.63, 3.8) is 0 Å². The fourth-order valence-corrected chi connectivity index (χ4v) is 3.12. The molecule has 1 saturated heterocycles. The molecule has 0 radical (unpaired) electrons. The zero-order chi connectivity index (χ0) is 17.9. The third kappa shape index (κ3) is 3.66. The third-order valence-electron chi connectivity index (χ3n) is 4.84. The molecule has 134 valence electrons. The summed E-state index contributed by atoms with van der Waals surface area (Å²) in [6.45, 7) is 5.16. The molecular weight excluding hydrogens is 323 g/mol. The number of benzene rings is 1. The van der Waals surface area contributed by atoms with Gasteiger partial charge in [-0.3, -0.25) is 0 Å². The highest BCUT2D eigenvalue weighted by Gasteiger charge is 2.32. The molecule has 2 N–H and O–H groups in total. The molecule has 1 aliphatic rings. The summed E-state index contributed by atoms with van der Waals surface area (Å²) >= 11 is 0. The van der Waals surface area contributed by atoms with E-state index in [1.165, 1.54) is 16.9 Å². The maximum Gasteiger partial charge on any atom is 0.319 e. The number of nitrogens with zero attached hydrogens (tertiary/aromatic N) is 2. The van der Waals surface area contributed by atoms with Gasteiger partial charge >= 0.3 is 6.03 Å². The zero-order valence-electron chi connectivity index (χ0n) is 14.5. The van der Waals surface area contributed by atoms with Crippen LogP contribution >= 0.6 is 0 Å². The molecule has 0 atom stereocenters. The van der Waals surface area contributed by atoms with Crippen LogP contribution in [0.4, 0.5) is 14.9 Å². The molecule has 2 amide bonds. The van der Waals surface area contributed by atoms with Crippen LogP contribution in [0.1, 0.15) is 31.9 Å². The standard InChI is InChI=1S/C18H23FN4O2/c1-3-18(8-10-25-11-9-18)22-17(24)21-15-12-20-23(13(15)2)16-7-5-4-6-14(16)19/h4-7,12H,3,8-11H2,1-2H3,(H2,21,22,24). The van der Waals surface area contributed by atoms with Crippen molar-refractivity contribution in [2.45, 2.75) is 38.6 Å². The Bertz CT molecular complexity index is 753. The second-order valence-corrected chi connectivity index (χ2v) is 6.33. The minimum atomic E-state index is -0.364. The molecule has 1 aliphatic heterocycles. The summed E-state index contributed by atoms with van der Waals surface area (Å²) in [5.74, 6) is -0.364. The summed E-state index contributed by atoms with van der Waals surface area (Å²) in [5.41, 5.74) is 1.33. The first-order chi connectivity index (χ1) is 12.0. The molecule has 1 aromatic carbocycles. The first-order valence-electron chi connectivity index (χ1n) is 8.51. The highest BCUT2D eigenvalue weighted by Crippen LogP contribution is 2.25.